The van der Waals surface area contributed by atoms with Gasteiger partial charge in [-0.05, 0) is 12.0 Å². The first-order valence-electron chi connectivity index (χ1n) is 7.93. The monoisotopic (exact) mass is 422 g/mol. The minimum Gasteiger partial charge on any atom is -0.714 e. The lowest BCUT2D eigenvalue weighted by Crippen LogP contribution is -2.57. The summed E-state index contributed by atoms with van der Waals surface area (Å²) in [4.78, 5) is 0. The van der Waals surface area contributed by atoms with Gasteiger partial charge >= 0.3 is 0 Å². The highest BCUT2D eigenvalue weighted by atomic mass is 32.3. The van der Waals surface area contributed by atoms with E-state index in [0.29, 0.717) is 6.42 Å². The molecule has 0 unspecified atom stereocenters. The molecular formula is C15H20NO9S2-. The molecule has 2 rings (SSSR count). The molecule has 12 heteroatoms. The summed E-state index contributed by atoms with van der Waals surface area (Å²) in [5, 5.41) is 42.2. The second-order valence-electron chi connectivity index (χ2n) is 5.77. The van der Waals surface area contributed by atoms with Crippen LogP contribution in [0.5, 0.6) is 0 Å². The van der Waals surface area contributed by atoms with Gasteiger partial charge in [0.25, 0.3) is 10.4 Å². The van der Waals surface area contributed by atoms with Crippen LogP contribution in [0.3, 0.4) is 0 Å². The zero-order chi connectivity index (χ0) is 20.0. The molecule has 1 aliphatic heterocycles. The Labute approximate surface area is 160 Å². The Morgan fingerprint density at radius 1 is 1.19 bits per heavy atom. The van der Waals surface area contributed by atoms with Crippen LogP contribution in [0.25, 0.3) is 0 Å². The summed E-state index contributed by atoms with van der Waals surface area (Å²) in [6, 6.07) is 9.13. The molecule has 0 spiro atoms. The highest BCUT2D eigenvalue weighted by molar-refractivity contribution is 8.14. The highest BCUT2D eigenvalue weighted by Crippen LogP contribution is 2.30. The van der Waals surface area contributed by atoms with Gasteiger partial charge < -0.3 is 29.7 Å². The number of rotatable bonds is 7. The van der Waals surface area contributed by atoms with Crippen molar-refractivity contribution in [3.05, 3.63) is 35.9 Å². The maximum Gasteiger partial charge on any atom is 0.284 e. The lowest BCUT2D eigenvalue weighted by atomic mass is 10.0. The number of hydrogen-bond acceptors (Lipinski definition) is 11. The van der Waals surface area contributed by atoms with E-state index in [9.17, 15) is 33.4 Å². The van der Waals surface area contributed by atoms with E-state index in [2.05, 4.69) is 9.44 Å². The number of oxime groups is 1. The molecule has 0 aliphatic carbocycles. The number of nitrogens with zero attached hydrogens (tertiary/aromatic N) is 1. The molecule has 1 heterocycles. The van der Waals surface area contributed by atoms with Crippen molar-refractivity contribution in [1.82, 2.24) is 0 Å². The van der Waals surface area contributed by atoms with Gasteiger partial charge in [-0.25, -0.2) is 0 Å². The van der Waals surface area contributed by atoms with Gasteiger partial charge in [-0.15, -0.1) is 0 Å². The summed E-state index contributed by atoms with van der Waals surface area (Å²) in [6.07, 6.45) is -5.21. The van der Waals surface area contributed by atoms with Gasteiger partial charge in [0.05, 0.1) is 6.61 Å². The van der Waals surface area contributed by atoms with Gasteiger partial charge in [-0.2, -0.15) is 8.42 Å². The van der Waals surface area contributed by atoms with E-state index in [0.717, 1.165) is 17.3 Å². The van der Waals surface area contributed by atoms with Crippen LogP contribution >= 0.6 is 11.8 Å². The Kier molecular flexibility index (Phi) is 8.00. The van der Waals surface area contributed by atoms with Gasteiger partial charge in [-0.1, -0.05) is 47.2 Å². The number of thioether (sulfide) groups is 1. The fourth-order valence-electron chi connectivity index (χ4n) is 2.41. The molecule has 0 amide bonds. The molecule has 27 heavy (non-hydrogen) atoms. The van der Waals surface area contributed by atoms with Gasteiger partial charge in [0.1, 0.15) is 34.9 Å². The van der Waals surface area contributed by atoms with Crippen LogP contribution in [0.1, 0.15) is 12.0 Å². The summed E-state index contributed by atoms with van der Waals surface area (Å²) >= 11 is 0.726. The second kappa shape index (κ2) is 9.80. The van der Waals surface area contributed by atoms with Crippen molar-refractivity contribution in [2.75, 3.05) is 6.61 Å². The maximum absolute atomic E-state index is 10.7. The zero-order valence-electron chi connectivity index (χ0n) is 14.0. The number of benzene rings is 1. The quantitative estimate of drug-likeness (QED) is 0.140. The van der Waals surface area contributed by atoms with Crippen LogP contribution in [-0.2, 0) is 25.8 Å². The number of ether oxygens (including phenoxy) is 1. The number of aliphatic hydroxyl groups excluding tert-OH is 4. The van der Waals surface area contributed by atoms with Crippen molar-refractivity contribution in [3.63, 3.8) is 0 Å². The summed E-state index contributed by atoms with van der Waals surface area (Å²) < 4.78 is 41.3. The molecular weight excluding hydrogens is 402 g/mol. The molecule has 1 fully saturated rings. The van der Waals surface area contributed by atoms with Crippen LogP contribution in [0.15, 0.2) is 35.5 Å². The van der Waals surface area contributed by atoms with Crippen molar-refractivity contribution < 1.29 is 42.4 Å². The smallest absolute Gasteiger partial charge is 0.284 e. The Hall–Kier alpha value is -1.25. The average Bonchev–Trinajstić information content (AvgIpc) is 2.64. The second-order valence-corrected chi connectivity index (χ2v) is 7.91. The Morgan fingerprint density at radius 3 is 2.44 bits per heavy atom. The van der Waals surface area contributed by atoms with Gasteiger partial charge in [0.2, 0.25) is 0 Å². The third-order valence-electron chi connectivity index (χ3n) is 3.80. The molecule has 0 saturated carbocycles. The maximum atomic E-state index is 10.7. The normalized spacial score (nSPS) is 29.5. The molecule has 1 aromatic rings. The first-order valence-corrected chi connectivity index (χ1v) is 10.1. The summed E-state index contributed by atoms with van der Waals surface area (Å²) in [6.45, 7) is -0.607. The van der Waals surface area contributed by atoms with Crippen LogP contribution < -0.4 is 0 Å². The summed E-state index contributed by atoms with van der Waals surface area (Å²) in [5.74, 6) is 0. The van der Waals surface area contributed by atoms with Crippen LogP contribution in [0.2, 0.25) is 0 Å². The Balaban J connectivity index is 2.12. The molecule has 10 nitrogen and oxygen atoms in total. The molecule has 1 saturated heterocycles. The number of hydrogen-bond donors (Lipinski definition) is 4. The van der Waals surface area contributed by atoms with Crippen LogP contribution in [0.4, 0.5) is 0 Å². The first-order chi connectivity index (χ1) is 12.7. The zero-order valence-corrected chi connectivity index (χ0v) is 15.6. The van der Waals surface area contributed by atoms with E-state index in [1.807, 2.05) is 30.3 Å². The van der Waals surface area contributed by atoms with Crippen molar-refractivity contribution in [2.45, 2.75) is 42.7 Å². The number of aliphatic hydroxyl groups is 4. The molecule has 5 atom stereocenters. The summed E-state index contributed by atoms with van der Waals surface area (Å²) in [7, 11) is -5.07. The van der Waals surface area contributed by atoms with Crippen molar-refractivity contribution in [2.24, 2.45) is 5.16 Å². The van der Waals surface area contributed by atoms with Crippen LogP contribution in [-0.4, -0.2) is 74.9 Å². The van der Waals surface area contributed by atoms with Gasteiger partial charge in [-0.3, -0.25) is 4.28 Å². The molecule has 0 aromatic heterocycles. The highest BCUT2D eigenvalue weighted by Gasteiger charge is 2.44. The molecule has 4 N–H and O–H groups in total. The first kappa shape index (κ1) is 22.0. The average molecular weight is 422 g/mol. The topological polar surface area (TPSA) is 169 Å². The Morgan fingerprint density at radius 2 is 1.85 bits per heavy atom. The predicted molar refractivity (Wildman–Crippen MR) is 94.3 cm³/mol. The lowest BCUT2D eigenvalue weighted by Gasteiger charge is -2.39. The van der Waals surface area contributed by atoms with E-state index in [-0.39, 0.29) is 11.5 Å². The fourth-order valence-corrected chi connectivity index (χ4v) is 3.70. The molecule has 152 valence electrons. The third kappa shape index (κ3) is 6.69. The van der Waals surface area contributed by atoms with Crippen LogP contribution in [0, 0.1) is 0 Å². The lowest BCUT2D eigenvalue weighted by molar-refractivity contribution is -0.205. The van der Waals surface area contributed by atoms with E-state index in [1.165, 1.54) is 0 Å². The van der Waals surface area contributed by atoms with E-state index in [4.69, 9.17) is 4.74 Å². The molecule has 1 aromatic carbocycles. The standard InChI is InChI=1S/C15H21NO9S2/c17-8-10-12(18)13(19)14(20)15(24-10)26-11(16-25-27(21,22)23)7-6-9-4-2-1-3-5-9/h1-5,10,12-15,17-20H,6-8H2,(H,21,22,23)/p-1/b16-11+/t10-,12-,13+,14-,15+/m0/s1. The van der Waals surface area contributed by atoms with Crippen molar-refractivity contribution >= 4 is 27.2 Å². The van der Waals surface area contributed by atoms with Crippen molar-refractivity contribution in [1.29, 1.82) is 0 Å². The largest absolute Gasteiger partial charge is 0.714 e. The van der Waals surface area contributed by atoms with E-state index in [1.54, 1.807) is 0 Å². The Bertz CT molecular complexity index is 726. The fraction of sp³-hybridized carbons (Fsp3) is 0.533. The third-order valence-corrected chi connectivity index (χ3v) is 5.23. The van der Waals surface area contributed by atoms with Gasteiger partial charge in [0.15, 0.2) is 0 Å². The minimum atomic E-state index is -5.07. The van der Waals surface area contributed by atoms with E-state index >= 15 is 0 Å². The molecule has 1 aliphatic rings. The SMILES string of the molecule is O=S(=O)([O-])O/N=C(\CCc1ccccc1)S[C@H]1O[C@@H](CO)[C@H](O)[C@@H](O)[C@@H]1O. The molecule has 0 bridgehead atoms. The number of aryl methyl sites for hydroxylation is 1. The molecule has 0 radical (unpaired) electrons. The summed E-state index contributed by atoms with van der Waals surface area (Å²) in [5.41, 5.74) is -0.266. The minimum absolute atomic E-state index is 0.0163. The predicted octanol–water partition coefficient (Wildman–Crippen LogP) is -1.06. The van der Waals surface area contributed by atoms with Crippen molar-refractivity contribution in [3.8, 4) is 0 Å². The van der Waals surface area contributed by atoms with E-state index < -0.39 is 46.9 Å². The van der Waals surface area contributed by atoms with Gasteiger partial charge in [0, 0.05) is 6.42 Å².